The molecule has 18 heavy (non-hydrogen) atoms. The van der Waals surface area contributed by atoms with Gasteiger partial charge in [-0.1, -0.05) is 37.6 Å². The van der Waals surface area contributed by atoms with E-state index < -0.39 is 6.04 Å². The van der Waals surface area contributed by atoms with Crippen LogP contribution in [-0.4, -0.2) is 30.4 Å². The summed E-state index contributed by atoms with van der Waals surface area (Å²) < 4.78 is 0. The van der Waals surface area contributed by atoms with E-state index in [0.717, 1.165) is 17.0 Å². The molecule has 0 saturated heterocycles. The van der Waals surface area contributed by atoms with Crippen molar-refractivity contribution in [3.8, 4) is 0 Å². The third-order valence-electron chi connectivity index (χ3n) is 3.00. The summed E-state index contributed by atoms with van der Waals surface area (Å²) in [7, 11) is 1.79. The number of benzene rings is 1. The second-order valence-electron chi connectivity index (χ2n) is 4.91. The van der Waals surface area contributed by atoms with Crippen molar-refractivity contribution in [2.75, 3.05) is 13.6 Å². The fourth-order valence-corrected chi connectivity index (χ4v) is 1.85. The number of amides is 1. The number of likely N-dealkylation sites (N-methyl/N-ethyl adjacent to an activating group) is 1. The van der Waals surface area contributed by atoms with E-state index in [0.29, 0.717) is 6.54 Å². The van der Waals surface area contributed by atoms with Gasteiger partial charge in [0.2, 0.25) is 5.91 Å². The summed E-state index contributed by atoms with van der Waals surface area (Å²) >= 11 is 5.91. The fourth-order valence-electron chi connectivity index (χ4n) is 1.64. The van der Waals surface area contributed by atoms with Crippen molar-refractivity contribution in [1.29, 1.82) is 0 Å². The molecule has 3 nitrogen and oxygen atoms in total. The molecule has 2 N–H and O–H groups in total. The molecule has 1 aromatic carbocycles. The number of carbonyl (C=O) groups excluding carboxylic acids is 1. The summed E-state index contributed by atoms with van der Waals surface area (Å²) in [6.07, 6.45) is 0.785. The minimum Gasteiger partial charge on any atom is -0.344 e. The molecule has 0 saturated carbocycles. The average Bonchev–Trinajstić information content (AvgIpc) is 2.34. The zero-order chi connectivity index (χ0) is 13.7. The summed E-state index contributed by atoms with van der Waals surface area (Å²) in [5.41, 5.74) is 6.97. The van der Waals surface area contributed by atoms with Crippen LogP contribution in [-0.2, 0) is 11.2 Å². The van der Waals surface area contributed by atoms with Crippen molar-refractivity contribution >= 4 is 17.5 Å². The first kappa shape index (κ1) is 15.0. The van der Waals surface area contributed by atoms with Crippen LogP contribution in [0.2, 0.25) is 5.02 Å². The highest BCUT2D eigenvalue weighted by molar-refractivity contribution is 6.30. The first-order chi connectivity index (χ1) is 8.41. The lowest BCUT2D eigenvalue weighted by molar-refractivity contribution is -0.132. The minimum atomic E-state index is -0.422. The number of halogens is 1. The molecule has 1 unspecified atom stereocenters. The predicted octanol–water partition coefficient (Wildman–Crippen LogP) is 2.32. The Labute approximate surface area is 114 Å². The lowest BCUT2D eigenvalue weighted by Gasteiger charge is -2.23. The normalized spacial score (nSPS) is 12.6. The predicted molar refractivity (Wildman–Crippen MR) is 75.6 cm³/mol. The van der Waals surface area contributed by atoms with Gasteiger partial charge in [0.15, 0.2) is 0 Å². The van der Waals surface area contributed by atoms with Crippen LogP contribution in [0, 0.1) is 5.92 Å². The maximum atomic E-state index is 11.9. The molecule has 1 rings (SSSR count). The summed E-state index contributed by atoms with van der Waals surface area (Å²) in [6.45, 7) is 4.56. The van der Waals surface area contributed by atoms with Crippen LogP contribution in [0.15, 0.2) is 24.3 Å². The standard InChI is InChI=1S/C14H21ClN2O/c1-10(2)13(16)14(18)17(3)8-7-11-5-4-6-12(15)9-11/h4-6,9-10,13H,7-8,16H2,1-3H3. The van der Waals surface area contributed by atoms with Crippen LogP contribution in [0.5, 0.6) is 0 Å². The summed E-state index contributed by atoms with van der Waals surface area (Å²) in [6, 6.07) is 7.26. The van der Waals surface area contributed by atoms with E-state index in [4.69, 9.17) is 17.3 Å². The first-order valence-corrected chi connectivity index (χ1v) is 6.54. The maximum absolute atomic E-state index is 11.9. The number of hydrogen-bond donors (Lipinski definition) is 1. The van der Waals surface area contributed by atoms with Crippen molar-refractivity contribution in [1.82, 2.24) is 4.90 Å². The van der Waals surface area contributed by atoms with Gasteiger partial charge in [-0.2, -0.15) is 0 Å². The topological polar surface area (TPSA) is 46.3 Å². The molecule has 1 atom stereocenters. The Balaban J connectivity index is 2.51. The van der Waals surface area contributed by atoms with E-state index >= 15 is 0 Å². The van der Waals surface area contributed by atoms with Crippen LogP contribution < -0.4 is 5.73 Å². The minimum absolute atomic E-state index is 0.00738. The van der Waals surface area contributed by atoms with Crippen LogP contribution in [0.4, 0.5) is 0 Å². The number of carbonyl (C=O) groups is 1. The SMILES string of the molecule is CC(C)C(N)C(=O)N(C)CCc1cccc(Cl)c1. The molecule has 0 aliphatic rings. The van der Waals surface area contributed by atoms with E-state index in [1.807, 2.05) is 38.1 Å². The average molecular weight is 269 g/mol. The lowest BCUT2D eigenvalue weighted by Crippen LogP contribution is -2.45. The van der Waals surface area contributed by atoms with E-state index in [9.17, 15) is 4.79 Å². The number of nitrogens with zero attached hydrogens (tertiary/aromatic N) is 1. The highest BCUT2D eigenvalue weighted by Gasteiger charge is 2.20. The highest BCUT2D eigenvalue weighted by atomic mass is 35.5. The number of rotatable bonds is 5. The molecular formula is C14H21ClN2O. The van der Waals surface area contributed by atoms with Crippen molar-refractivity contribution in [2.45, 2.75) is 26.3 Å². The van der Waals surface area contributed by atoms with Gasteiger partial charge in [0.1, 0.15) is 0 Å². The number of nitrogens with two attached hydrogens (primary N) is 1. The first-order valence-electron chi connectivity index (χ1n) is 6.17. The van der Waals surface area contributed by atoms with Crippen molar-refractivity contribution in [2.24, 2.45) is 11.7 Å². The molecule has 0 spiro atoms. The largest absolute Gasteiger partial charge is 0.344 e. The Morgan fingerprint density at radius 1 is 1.44 bits per heavy atom. The Bertz CT molecular complexity index is 407. The third kappa shape index (κ3) is 4.31. The fraction of sp³-hybridized carbons (Fsp3) is 0.500. The van der Waals surface area contributed by atoms with Gasteiger partial charge in [0.05, 0.1) is 6.04 Å². The molecule has 4 heteroatoms. The van der Waals surface area contributed by atoms with Crippen LogP contribution in [0.25, 0.3) is 0 Å². The third-order valence-corrected chi connectivity index (χ3v) is 3.24. The van der Waals surface area contributed by atoms with Crippen LogP contribution in [0.3, 0.4) is 0 Å². The van der Waals surface area contributed by atoms with E-state index in [1.165, 1.54) is 0 Å². The van der Waals surface area contributed by atoms with Gasteiger partial charge in [-0.3, -0.25) is 4.79 Å². The van der Waals surface area contributed by atoms with E-state index in [-0.39, 0.29) is 11.8 Å². The molecule has 0 fully saturated rings. The van der Waals surface area contributed by atoms with Gasteiger partial charge in [-0.15, -0.1) is 0 Å². The molecule has 0 radical (unpaired) electrons. The summed E-state index contributed by atoms with van der Waals surface area (Å²) in [5.74, 6) is 0.151. The van der Waals surface area contributed by atoms with Crippen LogP contribution >= 0.6 is 11.6 Å². The molecule has 0 aliphatic heterocycles. The Morgan fingerprint density at radius 3 is 2.67 bits per heavy atom. The Hall–Kier alpha value is -1.06. The Kier molecular flexibility index (Phi) is 5.63. The highest BCUT2D eigenvalue weighted by Crippen LogP contribution is 2.11. The molecule has 1 amide bonds. The van der Waals surface area contributed by atoms with Crippen LogP contribution in [0.1, 0.15) is 19.4 Å². The molecule has 0 heterocycles. The zero-order valence-corrected chi connectivity index (χ0v) is 11.9. The monoisotopic (exact) mass is 268 g/mol. The molecule has 0 bridgehead atoms. The maximum Gasteiger partial charge on any atom is 0.239 e. The molecule has 0 aliphatic carbocycles. The van der Waals surface area contributed by atoms with Gasteiger partial charge in [-0.05, 0) is 30.0 Å². The van der Waals surface area contributed by atoms with Crippen molar-refractivity contribution in [3.63, 3.8) is 0 Å². The molecule has 0 aromatic heterocycles. The second kappa shape index (κ2) is 6.76. The molecule has 100 valence electrons. The molecule has 1 aromatic rings. The van der Waals surface area contributed by atoms with Crippen molar-refractivity contribution < 1.29 is 4.79 Å². The number of hydrogen-bond acceptors (Lipinski definition) is 2. The van der Waals surface area contributed by atoms with Gasteiger partial charge in [0, 0.05) is 18.6 Å². The lowest BCUT2D eigenvalue weighted by atomic mass is 10.0. The quantitative estimate of drug-likeness (QED) is 0.891. The smallest absolute Gasteiger partial charge is 0.239 e. The van der Waals surface area contributed by atoms with Gasteiger partial charge >= 0.3 is 0 Å². The van der Waals surface area contributed by atoms with Crippen molar-refractivity contribution in [3.05, 3.63) is 34.9 Å². The van der Waals surface area contributed by atoms with E-state index in [1.54, 1.807) is 11.9 Å². The van der Waals surface area contributed by atoms with Gasteiger partial charge in [0.25, 0.3) is 0 Å². The van der Waals surface area contributed by atoms with Gasteiger partial charge < -0.3 is 10.6 Å². The molecular weight excluding hydrogens is 248 g/mol. The zero-order valence-electron chi connectivity index (χ0n) is 11.2. The summed E-state index contributed by atoms with van der Waals surface area (Å²) in [5, 5.41) is 0.723. The Morgan fingerprint density at radius 2 is 2.11 bits per heavy atom. The van der Waals surface area contributed by atoms with E-state index in [2.05, 4.69) is 0 Å². The van der Waals surface area contributed by atoms with Gasteiger partial charge in [-0.25, -0.2) is 0 Å². The summed E-state index contributed by atoms with van der Waals surface area (Å²) in [4.78, 5) is 13.6. The second-order valence-corrected chi connectivity index (χ2v) is 5.35.